The highest BCUT2D eigenvalue weighted by atomic mass is 32.2. The van der Waals surface area contributed by atoms with E-state index in [1.54, 1.807) is 23.0 Å². The first-order valence-corrected chi connectivity index (χ1v) is 11.5. The number of carbonyl (C=O) groups excluding carboxylic acids is 1. The summed E-state index contributed by atoms with van der Waals surface area (Å²) in [6.07, 6.45) is 4.18. The van der Waals surface area contributed by atoms with Crippen molar-refractivity contribution in [2.45, 2.75) is 37.8 Å². The molecule has 152 valence electrons. The molecule has 0 unspecified atom stereocenters. The Morgan fingerprint density at radius 2 is 2.10 bits per heavy atom. The number of nitrogens with one attached hydrogen (secondary N) is 1. The molecule has 0 saturated heterocycles. The van der Waals surface area contributed by atoms with Crippen LogP contribution in [0.25, 0.3) is 15.9 Å². The van der Waals surface area contributed by atoms with Gasteiger partial charge in [0.15, 0.2) is 5.16 Å². The van der Waals surface area contributed by atoms with Crippen LogP contribution >= 0.6 is 23.1 Å². The number of hydrogen-bond donors (Lipinski definition) is 1. The maximum Gasteiger partial charge on any atom is 0.267 e. The molecular formula is C21H23N3O3S2. The summed E-state index contributed by atoms with van der Waals surface area (Å²) in [5.41, 5.74) is 1.71. The number of thioether (sulfide) groups is 1. The Morgan fingerprint density at radius 3 is 2.90 bits per heavy atom. The topological polar surface area (TPSA) is 73.2 Å². The van der Waals surface area contributed by atoms with E-state index < -0.39 is 0 Å². The van der Waals surface area contributed by atoms with Gasteiger partial charge in [-0.05, 0) is 50.3 Å². The Balaban J connectivity index is 1.92. The average molecular weight is 430 g/mol. The van der Waals surface area contributed by atoms with E-state index in [2.05, 4.69) is 5.32 Å². The van der Waals surface area contributed by atoms with E-state index in [0.29, 0.717) is 23.1 Å². The van der Waals surface area contributed by atoms with Gasteiger partial charge in [-0.25, -0.2) is 4.98 Å². The standard InChI is InChI=1S/C21H23N3O3S2/c1-3-22-17(25)12-28-21-23-19-18(13-8-4-7-11-16(13)29-19)20(26)24(21)14-9-5-6-10-15(14)27-2/h5-6,9-10H,3-4,7-8,11-12H2,1-2H3,(H,22,25). The molecule has 1 aromatic carbocycles. The first-order chi connectivity index (χ1) is 14.1. The third-order valence-corrected chi connectivity index (χ3v) is 7.11. The van der Waals surface area contributed by atoms with Crippen molar-refractivity contribution in [1.29, 1.82) is 0 Å². The second-order valence-corrected chi connectivity index (χ2v) is 8.87. The monoisotopic (exact) mass is 429 g/mol. The zero-order chi connectivity index (χ0) is 20.4. The van der Waals surface area contributed by atoms with Gasteiger partial charge in [0.2, 0.25) is 5.91 Å². The van der Waals surface area contributed by atoms with Crippen LogP contribution in [0.15, 0.2) is 34.2 Å². The van der Waals surface area contributed by atoms with Crippen molar-refractivity contribution in [2.75, 3.05) is 19.4 Å². The first kappa shape index (κ1) is 20.0. The number of carbonyl (C=O) groups is 1. The van der Waals surface area contributed by atoms with Crippen LogP contribution in [-0.2, 0) is 17.6 Å². The number of aryl methyl sites for hydroxylation is 2. The van der Waals surface area contributed by atoms with Gasteiger partial charge in [0.1, 0.15) is 10.6 Å². The van der Waals surface area contributed by atoms with Crippen molar-refractivity contribution in [3.8, 4) is 11.4 Å². The molecule has 8 heteroatoms. The van der Waals surface area contributed by atoms with Gasteiger partial charge in [-0.2, -0.15) is 0 Å². The summed E-state index contributed by atoms with van der Waals surface area (Å²) >= 11 is 2.89. The summed E-state index contributed by atoms with van der Waals surface area (Å²) in [7, 11) is 1.59. The molecule has 0 atom stereocenters. The molecule has 1 N–H and O–H groups in total. The predicted octanol–water partition coefficient (Wildman–Crippen LogP) is 3.56. The van der Waals surface area contributed by atoms with Crippen LogP contribution in [0.3, 0.4) is 0 Å². The predicted molar refractivity (Wildman–Crippen MR) is 118 cm³/mol. The Bertz CT molecular complexity index is 1120. The number of hydrogen-bond acceptors (Lipinski definition) is 6. The van der Waals surface area contributed by atoms with Gasteiger partial charge < -0.3 is 10.1 Å². The molecule has 0 spiro atoms. The molecule has 1 aliphatic carbocycles. The van der Waals surface area contributed by atoms with Crippen LogP contribution in [0.1, 0.15) is 30.2 Å². The molecule has 3 aromatic rings. The molecule has 1 amide bonds. The average Bonchev–Trinajstić information content (AvgIpc) is 3.11. The highest BCUT2D eigenvalue weighted by molar-refractivity contribution is 7.99. The summed E-state index contributed by atoms with van der Waals surface area (Å²) < 4.78 is 7.11. The van der Waals surface area contributed by atoms with Crippen LogP contribution in [0.4, 0.5) is 0 Å². The van der Waals surface area contributed by atoms with Gasteiger partial charge in [0.05, 0.1) is 23.9 Å². The third-order valence-electron chi connectivity index (χ3n) is 4.99. The summed E-state index contributed by atoms with van der Waals surface area (Å²) in [5.74, 6) is 0.718. The number of rotatable bonds is 6. The number of fused-ring (bicyclic) bond motifs is 3. The molecule has 0 bridgehead atoms. The van der Waals surface area contributed by atoms with Gasteiger partial charge in [0.25, 0.3) is 5.56 Å². The lowest BCUT2D eigenvalue weighted by Gasteiger charge is -2.15. The summed E-state index contributed by atoms with van der Waals surface area (Å²) in [6.45, 7) is 2.45. The summed E-state index contributed by atoms with van der Waals surface area (Å²) in [4.78, 5) is 32.6. The molecule has 0 radical (unpaired) electrons. The molecule has 0 aliphatic heterocycles. The second kappa shape index (κ2) is 8.59. The van der Waals surface area contributed by atoms with Crippen LogP contribution in [0.2, 0.25) is 0 Å². The van der Waals surface area contributed by atoms with E-state index in [0.717, 1.165) is 41.5 Å². The Hall–Kier alpha value is -2.32. The number of thiophene rings is 1. The summed E-state index contributed by atoms with van der Waals surface area (Å²) in [5, 5.41) is 4.02. The minimum Gasteiger partial charge on any atom is -0.495 e. The van der Waals surface area contributed by atoms with Gasteiger partial charge in [-0.3, -0.25) is 14.2 Å². The van der Waals surface area contributed by atoms with Gasteiger partial charge in [-0.15, -0.1) is 11.3 Å². The van der Waals surface area contributed by atoms with Crippen LogP contribution in [-0.4, -0.2) is 34.9 Å². The maximum atomic E-state index is 13.7. The highest BCUT2D eigenvalue weighted by Crippen LogP contribution is 2.36. The lowest BCUT2D eigenvalue weighted by Crippen LogP contribution is -2.26. The fourth-order valence-corrected chi connectivity index (χ4v) is 5.83. The van der Waals surface area contributed by atoms with Crippen LogP contribution in [0, 0.1) is 0 Å². The zero-order valence-electron chi connectivity index (χ0n) is 16.5. The Morgan fingerprint density at radius 1 is 1.31 bits per heavy atom. The smallest absolute Gasteiger partial charge is 0.267 e. The minimum atomic E-state index is -0.0858. The SMILES string of the molecule is CCNC(=O)CSc1nc2sc3c(c2c(=O)n1-c1ccccc1OC)CCCC3. The quantitative estimate of drug-likeness (QED) is 0.479. The first-order valence-electron chi connectivity index (χ1n) is 9.74. The van der Waals surface area contributed by atoms with Gasteiger partial charge in [-0.1, -0.05) is 23.9 Å². The van der Waals surface area contributed by atoms with Crippen molar-refractivity contribution in [3.05, 3.63) is 45.1 Å². The van der Waals surface area contributed by atoms with Crippen molar-refractivity contribution < 1.29 is 9.53 Å². The molecule has 0 saturated carbocycles. The van der Waals surface area contributed by atoms with E-state index in [1.165, 1.54) is 16.6 Å². The number of ether oxygens (including phenoxy) is 1. The summed E-state index contributed by atoms with van der Waals surface area (Å²) in [6, 6.07) is 7.42. The van der Waals surface area contributed by atoms with E-state index in [4.69, 9.17) is 9.72 Å². The van der Waals surface area contributed by atoms with E-state index >= 15 is 0 Å². The van der Waals surface area contributed by atoms with Crippen molar-refractivity contribution >= 4 is 39.2 Å². The number of amides is 1. The van der Waals surface area contributed by atoms with Crippen molar-refractivity contribution in [1.82, 2.24) is 14.9 Å². The molecule has 2 aromatic heterocycles. The lowest BCUT2D eigenvalue weighted by atomic mass is 9.97. The Kier molecular flexibility index (Phi) is 5.91. The number of benzene rings is 1. The molecule has 4 rings (SSSR count). The molecular weight excluding hydrogens is 406 g/mol. The minimum absolute atomic E-state index is 0.0797. The number of para-hydroxylation sites is 2. The Labute approximate surface area is 177 Å². The third kappa shape index (κ3) is 3.79. The second-order valence-electron chi connectivity index (χ2n) is 6.84. The molecule has 6 nitrogen and oxygen atoms in total. The fraction of sp³-hybridized carbons (Fsp3) is 0.381. The van der Waals surface area contributed by atoms with E-state index in [9.17, 15) is 9.59 Å². The molecule has 0 fully saturated rings. The molecule has 1 aliphatic rings. The van der Waals surface area contributed by atoms with E-state index in [1.807, 2.05) is 31.2 Å². The normalized spacial score (nSPS) is 13.3. The van der Waals surface area contributed by atoms with Gasteiger partial charge >= 0.3 is 0 Å². The van der Waals surface area contributed by atoms with Crippen molar-refractivity contribution in [3.63, 3.8) is 0 Å². The molecule has 2 heterocycles. The number of aromatic nitrogens is 2. The highest BCUT2D eigenvalue weighted by Gasteiger charge is 2.24. The fourth-order valence-electron chi connectivity index (χ4n) is 3.69. The largest absolute Gasteiger partial charge is 0.495 e. The van der Waals surface area contributed by atoms with Gasteiger partial charge in [0, 0.05) is 11.4 Å². The van der Waals surface area contributed by atoms with Crippen molar-refractivity contribution in [2.24, 2.45) is 0 Å². The molecule has 29 heavy (non-hydrogen) atoms. The van der Waals surface area contributed by atoms with E-state index in [-0.39, 0.29) is 17.2 Å². The maximum absolute atomic E-state index is 13.7. The van der Waals surface area contributed by atoms with Crippen LogP contribution in [0.5, 0.6) is 5.75 Å². The number of nitrogens with zero attached hydrogens (tertiary/aromatic N) is 2. The van der Waals surface area contributed by atoms with Crippen LogP contribution < -0.4 is 15.6 Å². The zero-order valence-corrected chi connectivity index (χ0v) is 18.1. The lowest BCUT2D eigenvalue weighted by molar-refractivity contribution is -0.118. The number of methoxy groups -OCH3 is 1.